The van der Waals surface area contributed by atoms with E-state index in [0.29, 0.717) is 0 Å². The Bertz CT molecular complexity index is 686. The zero-order valence-electron chi connectivity index (χ0n) is 13.5. The lowest BCUT2D eigenvalue weighted by Gasteiger charge is -2.35. The van der Waals surface area contributed by atoms with E-state index in [2.05, 4.69) is 4.98 Å². The Kier molecular flexibility index (Phi) is 5.55. The number of aliphatic hydroxyl groups excluding tert-OH is 5. The van der Waals surface area contributed by atoms with Crippen molar-refractivity contribution in [1.29, 1.82) is 0 Å². The molecule has 1 aromatic heterocycles. The molecule has 1 aromatic rings. The maximum Gasteiger partial charge on any atom is 0.351 e. The number of hydrogen-bond acceptors (Lipinski definition) is 11. The molecule has 0 aromatic carbocycles. The van der Waals surface area contributed by atoms with Gasteiger partial charge in [0.2, 0.25) is 0 Å². The lowest BCUT2D eigenvalue weighted by atomic mass is 10.1. The first-order chi connectivity index (χ1) is 12.3. The van der Waals surface area contributed by atoms with Gasteiger partial charge in [0.15, 0.2) is 12.5 Å². The molecule has 12 nitrogen and oxygen atoms in total. The van der Waals surface area contributed by atoms with E-state index in [1.54, 1.807) is 0 Å². The maximum atomic E-state index is 11.9. The minimum atomic E-state index is -1.50. The van der Waals surface area contributed by atoms with Crippen molar-refractivity contribution >= 4 is 5.82 Å². The van der Waals surface area contributed by atoms with Gasteiger partial charge in [0, 0.05) is 6.20 Å². The number of rotatable bonds is 4. The molecule has 2 saturated heterocycles. The molecule has 2 fully saturated rings. The fraction of sp³-hybridized carbons (Fsp3) is 0.714. The Balaban J connectivity index is 1.64. The topological polar surface area (TPSA) is 190 Å². The van der Waals surface area contributed by atoms with Gasteiger partial charge >= 0.3 is 5.69 Å². The zero-order valence-corrected chi connectivity index (χ0v) is 13.5. The predicted octanol–water partition coefficient (Wildman–Crippen LogP) is -4.10. The highest BCUT2D eigenvalue weighted by atomic mass is 16.7. The fourth-order valence-corrected chi connectivity index (χ4v) is 2.83. The minimum Gasteiger partial charge on any atom is -0.388 e. The Morgan fingerprint density at radius 1 is 1.19 bits per heavy atom. The van der Waals surface area contributed by atoms with Crippen LogP contribution >= 0.6 is 0 Å². The SMILES string of the molecule is Nc1ccn([C@@H]2O[C@H](COC3OC[C@@H](O)[C@H](O)[C@@H]3O)[C@@H](O)[C@H]2O)c(=O)n1. The van der Waals surface area contributed by atoms with E-state index >= 15 is 0 Å². The van der Waals surface area contributed by atoms with Crippen LogP contribution in [0.15, 0.2) is 17.1 Å². The van der Waals surface area contributed by atoms with Crippen molar-refractivity contribution in [3.05, 3.63) is 22.7 Å². The Morgan fingerprint density at radius 2 is 1.92 bits per heavy atom. The molecule has 12 heteroatoms. The third kappa shape index (κ3) is 3.58. The van der Waals surface area contributed by atoms with E-state index in [1.807, 2.05) is 0 Å². The van der Waals surface area contributed by atoms with Gasteiger partial charge < -0.3 is 45.5 Å². The average molecular weight is 375 g/mol. The summed E-state index contributed by atoms with van der Waals surface area (Å²) in [7, 11) is 0. The van der Waals surface area contributed by atoms with Gasteiger partial charge in [-0.1, -0.05) is 0 Å². The van der Waals surface area contributed by atoms with Crippen molar-refractivity contribution in [3.63, 3.8) is 0 Å². The molecule has 3 heterocycles. The number of ether oxygens (including phenoxy) is 3. The molecular formula is C14H21N3O9. The standard InChI is InChI=1S/C14H21N3O9/c15-7-1-2-17(14(23)16-7)12-10(21)9(20)6(26-12)4-25-13-11(22)8(19)5(18)3-24-13/h1-2,5-6,8-13,18-22H,3-4H2,(H2,15,16,23)/t5-,6-,8+,9-,10-,11+,12-,13?/m1/s1. The average Bonchev–Trinajstić information content (AvgIpc) is 2.87. The van der Waals surface area contributed by atoms with Gasteiger partial charge in [-0.15, -0.1) is 0 Å². The number of nitrogens with two attached hydrogens (primary N) is 1. The van der Waals surface area contributed by atoms with Crippen LogP contribution in [0.4, 0.5) is 5.82 Å². The van der Waals surface area contributed by atoms with Crippen molar-refractivity contribution in [2.75, 3.05) is 18.9 Å². The second-order valence-corrected chi connectivity index (χ2v) is 6.17. The van der Waals surface area contributed by atoms with Crippen molar-refractivity contribution in [1.82, 2.24) is 9.55 Å². The van der Waals surface area contributed by atoms with Gasteiger partial charge in [0.1, 0.15) is 42.4 Å². The van der Waals surface area contributed by atoms with Crippen LogP contribution in [-0.4, -0.2) is 91.2 Å². The quantitative estimate of drug-likeness (QED) is 0.300. The van der Waals surface area contributed by atoms with Crippen molar-refractivity contribution in [2.24, 2.45) is 0 Å². The monoisotopic (exact) mass is 375 g/mol. The van der Waals surface area contributed by atoms with Crippen LogP contribution in [0.2, 0.25) is 0 Å². The first-order valence-electron chi connectivity index (χ1n) is 7.93. The summed E-state index contributed by atoms with van der Waals surface area (Å²) in [6, 6.07) is 1.34. The van der Waals surface area contributed by atoms with Crippen molar-refractivity contribution in [3.8, 4) is 0 Å². The summed E-state index contributed by atoms with van der Waals surface area (Å²) in [6.45, 7) is -0.550. The van der Waals surface area contributed by atoms with E-state index in [0.717, 1.165) is 4.57 Å². The molecule has 0 aliphatic carbocycles. The molecule has 0 bridgehead atoms. The lowest BCUT2D eigenvalue weighted by molar-refractivity contribution is -0.277. The van der Waals surface area contributed by atoms with Crippen LogP contribution in [0.1, 0.15) is 6.23 Å². The largest absolute Gasteiger partial charge is 0.388 e. The van der Waals surface area contributed by atoms with Crippen LogP contribution in [0.5, 0.6) is 0 Å². The molecule has 26 heavy (non-hydrogen) atoms. The molecule has 3 rings (SSSR count). The van der Waals surface area contributed by atoms with Gasteiger partial charge in [-0.05, 0) is 6.07 Å². The number of anilines is 1. The van der Waals surface area contributed by atoms with E-state index < -0.39 is 54.8 Å². The lowest BCUT2D eigenvalue weighted by Crippen LogP contribution is -2.54. The van der Waals surface area contributed by atoms with Gasteiger partial charge in [-0.25, -0.2) is 4.79 Å². The summed E-state index contributed by atoms with van der Waals surface area (Å²) < 4.78 is 16.8. The normalized spacial score (nSPS) is 40.7. The third-order valence-electron chi connectivity index (χ3n) is 4.34. The van der Waals surface area contributed by atoms with E-state index in [1.165, 1.54) is 12.3 Å². The number of nitrogens with zero attached hydrogens (tertiary/aromatic N) is 2. The van der Waals surface area contributed by atoms with E-state index in [4.69, 9.17) is 19.9 Å². The summed E-state index contributed by atoms with van der Waals surface area (Å²) in [5.74, 6) is 0.00310. The molecule has 2 aliphatic rings. The first-order valence-corrected chi connectivity index (χ1v) is 7.93. The molecule has 146 valence electrons. The predicted molar refractivity (Wildman–Crippen MR) is 82.5 cm³/mol. The Hall–Kier alpha value is -1.64. The molecule has 0 spiro atoms. The van der Waals surface area contributed by atoms with Gasteiger partial charge in [0.05, 0.1) is 13.2 Å². The third-order valence-corrected chi connectivity index (χ3v) is 4.34. The Morgan fingerprint density at radius 3 is 2.62 bits per heavy atom. The number of hydrogen-bond donors (Lipinski definition) is 6. The van der Waals surface area contributed by atoms with Crippen LogP contribution in [0.3, 0.4) is 0 Å². The van der Waals surface area contributed by atoms with E-state index in [9.17, 15) is 30.3 Å². The van der Waals surface area contributed by atoms with Crippen LogP contribution in [0, 0.1) is 0 Å². The summed E-state index contributed by atoms with van der Waals surface area (Å²) >= 11 is 0. The zero-order chi connectivity index (χ0) is 19.0. The molecule has 0 radical (unpaired) electrons. The highest BCUT2D eigenvalue weighted by molar-refractivity contribution is 5.23. The number of nitrogen functional groups attached to an aromatic ring is 1. The van der Waals surface area contributed by atoms with Gasteiger partial charge in [-0.3, -0.25) is 4.57 Å². The summed E-state index contributed by atoms with van der Waals surface area (Å²) in [5, 5.41) is 49.1. The van der Waals surface area contributed by atoms with E-state index in [-0.39, 0.29) is 19.0 Å². The van der Waals surface area contributed by atoms with Crippen LogP contribution < -0.4 is 11.4 Å². The van der Waals surface area contributed by atoms with Crippen molar-refractivity contribution in [2.45, 2.75) is 49.1 Å². The maximum absolute atomic E-state index is 11.9. The van der Waals surface area contributed by atoms with Gasteiger partial charge in [0.25, 0.3) is 0 Å². The second-order valence-electron chi connectivity index (χ2n) is 6.17. The van der Waals surface area contributed by atoms with Gasteiger partial charge in [-0.2, -0.15) is 4.98 Å². The summed E-state index contributed by atoms with van der Waals surface area (Å²) in [6.07, 6.45) is -9.22. The minimum absolute atomic E-state index is 0.00310. The molecule has 2 aliphatic heterocycles. The molecule has 7 N–H and O–H groups in total. The summed E-state index contributed by atoms with van der Waals surface area (Å²) in [4.78, 5) is 15.4. The highest BCUT2D eigenvalue weighted by Crippen LogP contribution is 2.29. The Labute approximate surface area is 147 Å². The number of aromatic nitrogens is 2. The molecular weight excluding hydrogens is 354 g/mol. The molecule has 0 amide bonds. The highest BCUT2D eigenvalue weighted by Gasteiger charge is 2.45. The molecule has 8 atom stereocenters. The first kappa shape index (κ1) is 19.1. The second kappa shape index (κ2) is 7.54. The number of aliphatic hydroxyl groups is 5. The molecule has 1 unspecified atom stereocenters. The fourth-order valence-electron chi connectivity index (χ4n) is 2.83. The summed E-state index contributed by atoms with van der Waals surface area (Å²) in [5.41, 5.74) is 4.65. The van der Waals surface area contributed by atoms with Crippen molar-refractivity contribution < 1.29 is 39.7 Å². The smallest absolute Gasteiger partial charge is 0.351 e. The van der Waals surface area contributed by atoms with Crippen LogP contribution in [-0.2, 0) is 14.2 Å². The molecule has 0 saturated carbocycles. The van der Waals surface area contributed by atoms with Crippen LogP contribution in [0.25, 0.3) is 0 Å².